The zero-order valence-electron chi connectivity index (χ0n) is 25.5. The van der Waals surface area contributed by atoms with Gasteiger partial charge in [-0.25, -0.2) is 0 Å². The number of rotatable bonds is 33. The third-order valence-corrected chi connectivity index (χ3v) is 10.2. The van der Waals surface area contributed by atoms with Gasteiger partial charge < -0.3 is 29.4 Å². The molecule has 0 aliphatic heterocycles. The fourth-order valence-corrected chi connectivity index (χ4v) is 8.78. The Kier molecular flexibility index (Phi) is 37.4. The Balaban J connectivity index is 5.16. The predicted octanol–water partition coefficient (Wildman–Crippen LogP) is 6.74. The van der Waals surface area contributed by atoms with Gasteiger partial charge in [0.05, 0.1) is 0 Å². The zero-order chi connectivity index (χ0) is 31.3. The number of halogens is 8. The van der Waals surface area contributed by atoms with E-state index in [0.29, 0.717) is 0 Å². The van der Waals surface area contributed by atoms with E-state index >= 15 is 0 Å². The Hall–Kier alpha value is 3.60. The molecule has 0 saturated carbocycles. The molecular weight excluding hydrogens is 1060 g/mol. The lowest BCUT2D eigenvalue weighted by Gasteiger charge is -2.31. The molecule has 0 rings (SSSR count). The molecule has 0 atom stereocenters. The smallest absolute Gasteiger partial charge is 0.0159 e. The van der Waals surface area contributed by atoms with E-state index in [1.165, 1.54) is 25.9 Å². The lowest BCUT2D eigenvalue weighted by molar-refractivity contribution is 0.172. The lowest BCUT2D eigenvalue weighted by atomic mass is 10.2. The normalized spacial score (nSPS) is 12.4. The van der Waals surface area contributed by atoms with Crippen LogP contribution in [0, 0.1) is 0 Å². The second-order valence-corrected chi connectivity index (χ2v) is 16.6. The summed E-state index contributed by atoms with van der Waals surface area (Å²) in [6.07, 6.45) is 2.51. The molecule has 0 aliphatic carbocycles. The third kappa shape index (κ3) is 26.5. The Morgan fingerprint density at radius 2 is 0.333 bits per heavy atom. The SMILES string of the molecule is BrCCN(CCBr)CCN(CCCCN(CCN(CCBr)CCBr)CCN(CCBr)CCBr)CCN(CCBr)CCBr. The van der Waals surface area contributed by atoms with E-state index in [0.717, 1.165) is 147 Å². The van der Waals surface area contributed by atoms with Gasteiger partial charge in [-0.05, 0) is 25.9 Å². The number of hydrogen-bond acceptors (Lipinski definition) is 6. The molecule has 42 heavy (non-hydrogen) atoms. The number of alkyl halides is 8. The van der Waals surface area contributed by atoms with Crippen molar-refractivity contribution in [3.63, 3.8) is 0 Å². The standard InChI is InChI=1S/C28H56Br8N6/c29-3-13-39(14-4-30)25-21-37(22-26-40(15-5-31)16-6-32)11-1-2-12-38(23-27-41(17-7-33)18-8-34)24-28-42(19-9-35)20-10-36/h1-28H2. The monoisotopic (exact) mass is 1110 g/mol. The Labute approximate surface area is 326 Å². The van der Waals surface area contributed by atoms with Gasteiger partial charge in [0.2, 0.25) is 0 Å². The van der Waals surface area contributed by atoms with E-state index < -0.39 is 0 Å². The van der Waals surface area contributed by atoms with E-state index in [9.17, 15) is 0 Å². The first-order valence-electron chi connectivity index (χ1n) is 15.3. The van der Waals surface area contributed by atoms with Gasteiger partial charge in [0.25, 0.3) is 0 Å². The molecule has 0 unspecified atom stereocenters. The minimum atomic E-state index is 1.03. The van der Waals surface area contributed by atoms with Crippen molar-refractivity contribution in [2.24, 2.45) is 0 Å². The minimum Gasteiger partial charge on any atom is -0.301 e. The highest BCUT2D eigenvalue weighted by Gasteiger charge is 2.14. The van der Waals surface area contributed by atoms with Crippen molar-refractivity contribution in [1.82, 2.24) is 29.4 Å². The van der Waals surface area contributed by atoms with Crippen LogP contribution in [0.4, 0.5) is 0 Å². The molecule has 14 heteroatoms. The Bertz CT molecular complexity index is 451. The maximum atomic E-state index is 3.65. The van der Waals surface area contributed by atoms with Crippen LogP contribution in [0.25, 0.3) is 0 Å². The molecule has 0 N–H and O–H groups in total. The van der Waals surface area contributed by atoms with Crippen LogP contribution in [-0.4, -0.2) is 190 Å². The Morgan fingerprint density at radius 1 is 0.190 bits per heavy atom. The first-order valence-corrected chi connectivity index (χ1v) is 24.3. The van der Waals surface area contributed by atoms with Crippen LogP contribution in [0.5, 0.6) is 0 Å². The lowest BCUT2D eigenvalue weighted by Crippen LogP contribution is -2.43. The quantitative estimate of drug-likeness (QED) is 0.0533. The minimum absolute atomic E-state index is 1.03. The highest BCUT2D eigenvalue weighted by atomic mass is 79.9. The van der Waals surface area contributed by atoms with Gasteiger partial charge in [0, 0.05) is 147 Å². The van der Waals surface area contributed by atoms with E-state index in [1.54, 1.807) is 0 Å². The van der Waals surface area contributed by atoms with Gasteiger partial charge in [-0.2, -0.15) is 0 Å². The van der Waals surface area contributed by atoms with Crippen LogP contribution >= 0.6 is 127 Å². The molecule has 0 fully saturated rings. The average Bonchev–Trinajstić information content (AvgIpc) is 2.97. The fraction of sp³-hybridized carbons (Fsp3) is 1.00. The average molecular weight is 1120 g/mol. The Morgan fingerprint density at radius 3 is 0.476 bits per heavy atom. The molecule has 0 spiro atoms. The first kappa shape index (κ1) is 45.6. The summed E-state index contributed by atoms with van der Waals surface area (Å²) in [6.45, 7) is 20.3. The van der Waals surface area contributed by atoms with E-state index in [1.807, 2.05) is 0 Å². The van der Waals surface area contributed by atoms with E-state index in [-0.39, 0.29) is 0 Å². The first-order chi connectivity index (χ1) is 20.5. The maximum absolute atomic E-state index is 3.65. The molecule has 254 valence electrons. The topological polar surface area (TPSA) is 19.4 Å². The molecule has 0 radical (unpaired) electrons. The van der Waals surface area contributed by atoms with Crippen LogP contribution in [0.3, 0.4) is 0 Å². The van der Waals surface area contributed by atoms with Crippen molar-refractivity contribution in [3.8, 4) is 0 Å². The summed E-state index contributed by atoms with van der Waals surface area (Å²) in [5.41, 5.74) is 0. The molecule has 6 nitrogen and oxygen atoms in total. The van der Waals surface area contributed by atoms with E-state index in [2.05, 4.69) is 157 Å². The summed E-state index contributed by atoms with van der Waals surface area (Å²) in [7, 11) is 0. The van der Waals surface area contributed by atoms with Crippen LogP contribution in [0.1, 0.15) is 12.8 Å². The van der Waals surface area contributed by atoms with Crippen molar-refractivity contribution in [1.29, 1.82) is 0 Å². The van der Waals surface area contributed by atoms with Crippen LogP contribution in [-0.2, 0) is 0 Å². The molecule has 0 aliphatic rings. The van der Waals surface area contributed by atoms with Crippen molar-refractivity contribution >= 4 is 127 Å². The zero-order valence-corrected chi connectivity index (χ0v) is 38.2. The molecule has 0 aromatic heterocycles. The second kappa shape index (κ2) is 34.5. The van der Waals surface area contributed by atoms with Crippen LogP contribution in [0.2, 0.25) is 0 Å². The predicted molar refractivity (Wildman–Crippen MR) is 218 cm³/mol. The van der Waals surface area contributed by atoms with Crippen molar-refractivity contribution < 1.29 is 0 Å². The summed E-state index contributed by atoms with van der Waals surface area (Å²) in [5.74, 6) is 0. The van der Waals surface area contributed by atoms with Crippen molar-refractivity contribution in [2.75, 3.05) is 160 Å². The number of nitrogens with zero attached hydrogens (tertiary/aromatic N) is 6. The highest BCUT2D eigenvalue weighted by molar-refractivity contribution is 9.10. The van der Waals surface area contributed by atoms with Gasteiger partial charge in [0.15, 0.2) is 0 Å². The summed E-state index contributed by atoms with van der Waals surface area (Å²) in [4.78, 5) is 15.7. The summed E-state index contributed by atoms with van der Waals surface area (Å²) >= 11 is 29.2. The fourth-order valence-electron chi connectivity index (χ4n) is 4.77. The second-order valence-electron chi connectivity index (χ2n) is 10.3. The third-order valence-electron chi connectivity index (χ3n) is 7.33. The summed E-state index contributed by atoms with van der Waals surface area (Å²) < 4.78 is 0. The maximum Gasteiger partial charge on any atom is 0.0159 e. The molecule has 0 aromatic rings. The summed E-state index contributed by atoms with van der Waals surface area (Å²) in [5, 5.41) is 8.27. The van der Waals surface area contributed by atoms with Gasteiger partial charge in [-0.15, -0.1) is 0 Å². The number of hydrogen-bond donors (Lipinski definition) is 0. The number of unbranched alkanes of at least 4 members (excludes halogenated alkanes) is 1. The molecule has 0 bridgehead atoms. The molecule has 0 heterocycles. The van der Waals surface area contributed by atoms with Crippen molar-refractivity contribution in [3.05, 3.63) is 0 Å². The molecule has 0 aromatic carbocycles. The molecule has 0 amide bonds. The van der Waals surface area contributed by atoms with Crippen LogP contribution < -0.4 is 0 Å². The van der Waals surface area contributed by atoms with Gasteiger partial charge in [-0.3, -0.25) is 0 Å². The van der Waals surface area contributed by atoms with Crippen molar-refractivity contribution in [2.45, 2.75) is 12.8 Å². The largest absolute Gasteiger partial charge is 0.301 e. The van der Waals surface area contributed by atoms with Crippen LogP contribution in [0.15, 0.2) is 0 Å². The summed E-state index contributed by atoms with van der Waals surface area (Å²) in [6, 6.07) is 0. The van der Waals surface area contributed by atoms with Gasteiger partial charge in [-0.1, -0.05) is 127 Å². The molecular formula is C28H56Br8N6. The van der Waals surface area contributed by atoms with E-state index in [4.69, 9.17) is 0 Å². The highest BCUT2D eigenvalue weighted by Crippen LogP contribution is 2.05. The molecule has 0 saturated heterocycles. The van der Waals surface area contributed by atoms with Gasteiger partial charge >= 0.3 is 0 Å². The van der Waals surface area contributed by atoms with Gasteiger partial charge in [0.1, 0.15) is 0 Å².